The van der Waals surface area contributed by atoms with Gasteiger partial charge < -0.3 is 10.2 Å². The summed E-state index contributed by atoms with van der Waals surface area (Å²) >= 11 is 1.35. The number of rotatable bonds is 3. The molecule has 24 heavy (non-hydrogen) atoms. The molecule has 0 aromatic heterocycles. The van der Waals surface area contributed by atoms with Crippen LogP contribution in [0.1, 0.15) is 24.8 Å². The van der Waals surface area contributed by atoms with Gasteiger partial charge in [-0.25, -0.2) is 0 Å². The average Bonchev–Trinajstić information content (AvgIpc) is 2.96. The summed E-state index contributed by atoms with van der Waals surface area (Å²) < 4.78 is 0. The molecule has 2 aliphatic heterocycles. The number of amides is 1. The molecular formula is C16H18N4O3S. The summed E-state index contributed by atoms with van der Waals surface area (Å²) in [6, 6.07) is 4.85. The third kappa shape index (κ3) is 3.43. The van der Waals surface area contributed by atoms with E-state index in [9.17, 15) is 14.9 Å². The van der Waals surface area contributed by atoms with Crippen LogP contribution in [0.2, 0.25) is 0 Å². The topological polar surface area (TPSA) is 87.8 Å². The SMILES string of the molecule is CNc1ccc(/C=C2\SC(N3CCCCC3)=NC2=O)cc1[N+](=O)[O-]. The molecule has 0 bridgehead atoms. The van der Waals surface area contributed by atoms with Gasteiger partial charge in [0.15, 0.2) is 5.17 Å². The van der Waals surface area contributed by atoms with Crippen molar-refractivity contribution < 1.29 is 9.72 Å². The number of nitro benzene ring substituents is 1. The Morgan fingerprint density at radius 2 is 2.08 bits per heavy atom. The minimum absolute atomic E-state index is 0.0144. The first kappa shape index (κ1) is 16.5. The number of nitrogens with one attached hydrogen (secondary N) is 1. The van der Waals surface area contributed by atoms with Crippen molar-refractivity contribution in [2.75, 3.05) is 25.5 Å². The molecule has 8 heteroatoms. The van der Waals surface area contributed by atoms with E-state index in [0.29, 0.717) is 16.2 Å². The quantitative estimate of drug-likeness (QED) is 0.514. The van der Waals surface area contributed by atoms with Gasteiger partial charge >= 0.3 is 0 Å². The van der Waals surface area contributed by atoms with Gasteiger partial charge in [0.2, 0.25) is 0 Å². The number of likely N-dealkylation sites (tertiary alicyclic amines) is 1. The smallest absolute Gasteiger partial charge is 0.292 e. The molecule has 1 amide bonds. The third-order valence-corrected chi connectivity index (χ3v) is 5.07. The molecule has 0 spiro atoms. The third-order valence-electron chi connectivity index (χ3n) is 4.02. The van der Waals surface area contributed by atoms with E-state index in [1.165, 1.54) is 24.2 Å². The van der Waals surface area contributed by atoms with E-state index in [1.54, 1.807) is 25.3 Å². The van der Waals surface area contributed by atoms with Gasteiger partial charge in [0.1, 0.15) is 5.69 Å². The normalized spacial score (nSPS) is 19.5. The Hall–Kier alpha value is -2.35. The van der Waals surface area contributed by atoms with Crippen molar-refractivity contribution >= 4 is 40.3 Å². The van der Waals surface area contributed by atoms with Crippen LogP contribution in [0.5, 0.6) is 0 Å². The van der Waals surface area contributed by atoms with Gasteiger partial charge in [-0.1, -0.05) is 6.07 Å². The van der Waals surface area contributed by atoms with Crippen molar-refractivity contribution in [2.24, 2.45) is 4.99 Å². The molecule has 0 radical (unpaired) electrons. The second-order valence-corrected chi connectivity index (χ2v) is 6.65. The van der Waals surface area contributed by atoms with Gasteiger partial charge in [-0.05, 0) is 48.7 Å². The molecule has 2 aliphatic rings. The molecule has 2 heterocycles. The number of hydrogen-bond donors (Lipinski definition) is 1. The van der Waals surface area contributed by atoms with Crippen LogP contribution in [0, 0.1) is 10.1 Å². The lowest BCUT2D eigenvalue weighted by Gasteiger charge is -2.27. The number of nitro groups is 1. The summed E-state index contributed by atoms with van der Waals surface area (Å²) in [6.45, 7) is 1.85. The summed E-state index contributed by atoms with van der Waals surface area (Å²) in [7, 11) is 1.63. The zero-order valence-electron chi connectivity index (χ0n) is 13.3. The molecule has 1 N–H and O–H groups in total. The minimum atomic E-state index is -0.437. The van der Waals surface area contributed by atoms with E-state index in [1.807, 2.05) is 0 Å². The Kier molecular flexibility index (Phi) is 4.84. The lowest BCUT2D eigenvalue weighted by molar-refractivity contribution is -0.384. The van der Waals surface area contributed by atoms with Crippen molar-refractivity contribution in [2.45, 2.75) is 19.3 Å². The van der Waals surface area contributed by atoms with E-state index >= 15 is 0 Å². The number of carbonyl (C=O) groups excluding carboxylic acids is 1. The second-order valence-electron chi connectivity index (χ2n) is 5.64. The minimum Gasteiger partial charge on any atom is -0.383 e. The Bertz CT molecular complexity index is 739. The number of thioether (sulfide) groups is 1. The van der Waals surface area contributed by atoms with Crippen molar-refractivity contribution in [3.8, 4) is 0 Å². The lowest BCUT2D eigenvalue weighted by Crippen LogP contribution is -2.33. The Balaban J connectivity index is 1.81. The maximum atomic E-state index is 12.1. The molecular weight excluding hydrogens is 328 g/mol. The van der Waals surface area contributed by atoms with Gasteiger partial charge in [0.05, 0.1) is 9.83 Å². The predicted molar refractivity (Wildman–Crippen MR) is 96.1 cm³/mol. The fourth-order valence-corrected chi connectivity index (χ4v) is 3.74. The molecule has 0 atom stereocenters. The van der Waals surface area contributed by atoms with E-state index in [4.69, 9.17) is 0 Å². The van der Waals surface area contributed by atoms with Crippen molar-refractivity contribution in [3.05, 3.63) is 38.8 Å². The van der Waals surface area contributed by atoms with Crippen LogP contribution in [-0.4, -0.2) is 41.0 Å². The van der Waals surface area contributed by atoms with E-state index in [-0.39, 0.29) is 11.6 Å². The highest BCUT2D eigenvalue weighted by Gasteiger charge is 2.27. The molecule has 3 rings (SSSR count). The van der Waals surface area contributed by atoms with Gasteiger partial charge in [0, 0.05) is 26.2 Å². The maximum absolute atomic E-state index is 12.1. The second kappa shape index (κ2) is 7.04. The summed E-state index contributed by atoms with van der Waals surface area (Å²) in [5.41, 5.74) is 1.05. The Morgan fingerprint density at radius 3 is 2.75 bits per heavy atom. The van der Waals surface area contributed by atoms with Crippen LogP contribution >= 0.6 is 11.8 Å². The molecule has 0 unspecified atom stereocenters. The number of amidine groups is 1. The predicted octanol–water partition coefficient (Wildman–Crippen LogP) is 3.09. The van der Waals surface area contributed by atoms with Crippen molar-refractivity contribution in [3.63, 3.8) is 0 Å². The monoisotopic (exact) mass is 346 g/mol. The Morgan fingerprint density at radius 1 is 1.33 bits per heavy atom. The highest BCUT2D eigenvalue weighted by Crippen LogP contribution is 2.33. The molecule has 0 saturated carbocycles. The number of carbonyl (C=O) groups is 1. The fourth-order valence-electron chi connectivity index (χ4n) is 2.77. The molecule has 1 fully saturated rings. The molecule has 126 valence electrons. The summed E-state index contributed by atoms with van der Waals surface area (Å²) in [5, 5.41) is 14.7. The molecule has 7 nitrogen and oxygen atoms in total. The first-order valence-corrected chi connectivity index (χ1v) is 8.64. The number of nitrogens with zero attached hydrogens (tertiary/aromatic N) is 3. The first-order valence-electron chi connectivity index (χ1n) is 7.82. The van der Waals surface area contributed by atoms with Crippen LogP contribution in [0.4, 0.5) is 11.4 Å². The summed E-state index contributed by atoms with van der Waals surface area (Å²) in [6.07, 6.45) is 5.11. The van der Waals surface area contributed by atoms with Gasteiger partial charge in [-0.15, -0.1) is 0 Å². The van der Waals surface area contributed by atoms with Gasteiger partial charge in [-0.2, -0.15) is 4.99 Å². The van der Waals surface area contributed by atoms with E-state index in [2.05, 4.69) is 15.2 Å². The molecule has 1 aromatic carbocycles. The highest BCUT2D eigenvalue weighted by atomic mass is 32.2. The summed E-state index contributed by atoms with van der Waals surface area (Å²) in [5.74, 6) is -0.277. The molecule has 1 aromatic rings. The number of hydrogen-bond acceptors (Lipinski definition) is 6. The number of aliphatic imine (C=N–C) groups is 1. The van der Waals surface area contributed by atoms with E-state index in [0.717, 1.165) is 31.1 Å². The van der Waals surface area contributed by atoms with Gasteiger partial charge in [-0.3, -0.25) is 14.9 Å². The first-order chi connectivity index (χ1) is 11.6. The maximum Gasteiger partial charge on any atom is 0.292 e. The number of benzene rings is 1. The highest BCUT2D eigenvalue weighted by molar-refractivity contribution is 8.18. The molecule has 1 saturated heterocycles. The standard InChI is InChI=1S/C16H18N4O3S/c1-17-12-6-5-11(9-13(12)20(22)23)10-14-15(21)18-16(24-14)19-7-3-2-4-8-19/h5-6,9-10,17H,2-4,7-8H2,1H3/b14-10-. The zero-order valence-corrected chi connectivity index (χ0v) is 14.1. The van der Waals surface area contributed by atoms with Crippen LogP contribution < -0.4 is 5.32 Å². The van der Waals surface area contributed by atoms with Crippen molar-refractivity contribution in [1.82, 2.24) is 4.90 Å². The van der Waals surface area contributed by atoms with Crippen LogP contribution in [0.3, 0.4) is 0 Å². The number of anilines is 1. The lowest BCUT2D eigenvalue weighted by atomic mass is 10.1. The van der Waals surface area contributed by atoms with E-state index < -0.39 is 4.92 Å². The molecule has 0 aliphatic carbocycles. The fraction of sp³-hybridized carbons (Fsp3) is 0.375. The Labute approximate surface area is 144 Å². The van der Waals surface area contributed by atoms with Crippen molar-refractivity contribution in [1.29, 1.82) is 0 Å². The average molecular weight is 346 g/mol. The largest absolute Gasteiger partial charge is 0.383 e. The van der Waals surface area contributed by atoms with Crippen LogP contribution in [0.25, 0.3) is 6.08 Å². The van der Waals surface area contributed by atoms with Crippen LogP contribution in [0.15, 0.2) is 28.1 Å². The number of piperidine rings is 1. The zero-order chi connectivity index (χ0) is 17.1. The van der Waals surface area contributed by atoms with Crippen LogP contribution in [-0.2, 0) is 4.79 Å². The summed E-state index contributed by atoms with van der Waals surface area (Å²) in [4.78, 5) is 29.6. The van der Waals surface area contributed by atoms with Gasteiger partial charge in [0.25, 0.3) is 11.6 Å².